The second kappa shape index (κ2) is 9.55. The van der Waals surface area contributed by atoms with Crippen molar-refractivity contribution in [2.24, 2.45) is 11.3 Å². The number of aliphatic carboxylic acids is 2. The van der Waals surface area contributed by atoms with Crippen LogP contribution in [0.25, 0.3) is 0 Å². The minimum Gasteiger partial charge on any atom is -0.481 e. The van der Waals surface area contributed by atoms with Crippen LogP contribution in [0.4, 0.5) is 0 Å². The van der Waals surface area contributed by atoms with E-state index in [1.807, 2.05) is 13.8 Å². The van der Waals surface area contributed by atoms with Crippen molar-refractivity contribution in [1.82, 2.24) is 0 Å². The van der Waals surface area contributed by atoms with Crippen LogP contribution in [0.1, 0.15) is 52.4 Å². The maximum Gasteiger partial charge on any atom is 0.310 e. The van der Waals surface area contributed by atoms with E-state index in [0.29, 0.717) is 32.3 Å². The Labute approximate surface area is 127 Å². The van der Waals surface area contributed by atoms with Crippen molar-refractivity contribution in [2.75, 3.05) is 13.7 Å². The molecule has 0 aliphatic heterocycles. The number of hydrogen-bond acceptors (Lipinski definition) is 3. The van der Waals surface area contributed by atoms with Gasteiger partial charge in [0.15, 0.2) is 0 Å². The van der Waals surface area contributed by atoms with Gasteiger partial charge in [-0.3, -0.25) is 9.59 Å². The van der Waals surface area contributed by atoms with Gasteiger partial charge in [-0.25, -0.2) is 0 Å². The van der Waals surface area contributed by atoms with E-state index in [2.05, 4.69) is 6.58 Å². The molecule has 122 valence electrons. The van der Waals surface area contributed by atoms with Gasteiger partial charge >= 0.3 is 11.9 Å². The monoisotopic (exact) mass is 300 g/mol. The molecule has 0 bridgehead atoms. The Bertz CT molecular complexity index is 360. The fraction of sp³-hybridized carbons (Fsp3) is 0.750. The molecular weight excluding hydrogens is 272 g/mol. The fourth-order valence-electron chi connectivity index (χ4n) is 2.79. The summed E-state index contributed by atoms with van der Waals surface area (Å²) < 4.78 is 4.91. The summed E-state index contributed by atoms with van der Waals surface area (Å²) in [5.74, 6) is -2.71. The highest BCUT2D eigenvalue weighted by Gasteiger charge is 2.50. The minimum atomic E-state index is -1.09. The third-order valence-electron chi connectivity index (χ3n) is 3.73. The largest absolute Gasteiger partial charge is 0.481 e. The molecular formula is C16H28O5. The molecule has 0 heterocycles. The number of carbonyl (C=O) groups is 2. The molecule has 0 saturated heterocycles. The zero-order valence-electron chi connectivity index (χ0n) is 13.4. The molecule has 0 aromatic heterocycles. The SMILES string of the molecule is C=C(C)C.COCCCC1(C(=O)O)CCCCC1C(=O)O. The summed E-state index contributed by atoms with van der Waals surface area (Å²) in [6.45, 7) is 7.97. The molecule has 2 N–H and O–H groups in total. The second-order valence-corrected chi connectivity index (χ2v) is 5.90. The van der Waals surface area contributed by atoms with E-state index >= 15 is 0 Å². The topological polar surface area (TPSA) is 83.8 Å². The predicted octanol–water partition coefficient (Wildman–Crippen LogP) is 3.34. The quantitative estimate of drug-likeness (QED) is 0.580. The van der Waals surface area contributed by atoms with Crippen molar-refractivity contribution in [2.45, 2.75) is 52.4 Å². The zero-order valence-corrected chi connectivity index (χ0v) is 13.4. The first kappa shape index (κ1) is 19.6. The van der Waals surface area contributed by atoms with Gasteiger partial charge in [0.25, 0.3) is 0 Å². The molecule has 0 radical (unpaired) electrons. The van der Waals surface area contributed by atoms with Gasteiger partial charge in [-0.15, -0.1) is 6.58 Å². The fourth-order valence-corrected chi connectivity index (χ4v) is 2.79. The molecule has 2 atom stereocenters. The van der Waals surface area contributed by atoms with Gasteiger partial charge < -0.3 is 14.9 Å². The van der Waals surface area contributed by atoms with E-state index in [1.165, 1.54) is 5.57 Å². The number of ether oxygens (including phenoxy) is 1. The number of methoxy groups -OCH3 is 1. The number of hydrogen-bond donors (Lipinski definition) is 2. The van der Waals surface area contributed by atoms with Gasteiger partial charge in [-0.05, 0) is 39.5 Å². The lowest BCUT2D eigenvalue weighted by atomic mass is 9.64. The van der Waals surface area contributed by atoms with Gasteiger partial charge in [0.1, 0.15) is 0 Å². The van der Waals surface area contributed by atoms with E-state index < -0.39 is 23.3 Å². The van der Waals surface area contributed by atoms with Gasteiger partial charge in [-0.2, -0.15) is 0 Å². The molecule has 21 heavy (non-hydrogen) atoms. The first-order valence-corrected chi connectivity index (χ1v) is 7.35. The van der Waals surface area contributed by atoms with Gasteiger partial charge in [-0.1, -0.05) is 18.4 Å². The Kier molecular flexibility index (Phi) is 8.93. The summed E-state index contributed by atoms with van der Waals surface area (Å²) in [4.78, 5) is 22.7. The Hall–Kier alpha value is -1.36. The summed E-state index contributed by atoms with van der Waals surface area (Å²) in [6, 6.07) is 0. The highest BCUT2D eigenvalue weighted by Crippen LogP contribution is 2.45. The van der Waals surface area contributed by atoms with E-state index in [1.54, 1.807) is 7.11 Å². The average molecular weight is 300 g/mol. The number of carboxylic acid groups (broad SMARTS) is 2. The van der Waals surface area contributed by atoms with Crippen LogP contribution in [0, 0.1) is 11.3 Å². The van der Waals surface area contributed by atoms with E-state index in [4.69, 9.17) is 4.74 Å². The average Bonchev–Trinajstić information content (AvgIpc) is 2.38. The van der Waals surface area contributed by atoms with E-state index in [-0.39, 0.29) is 0 Å². The molecule has 5 heteroatoms. The Balaban J connectivity index is 0.000000885. The molecule has 1 aliphatic carbocycles. The van der Waals surface area contributed by atoms with E-state index in [9.17, 15) is 19.8 Å². The van der Waals surface area contributed by atoms with Gasteiger partial charge in [0.2, 0.25) is 0 Å². The standard InChI is InChI=1S/C12H20O5.C4H8/c1-17-8-4-7-12(11(15)16)6-3-2-5-9(12)10(13)14;1-4(2)3/h9H,2-8H2,1H3,(H,13,14)(H,15,16);1H2,2-3H3. The Morgan fingerprint density at radius 2 is 1.86 bits per heavy atom. The molecule has 0 aromatic rings. The summed E-state index contributed by atoms with van der Waals surface area (Å²) in [5.41, 5.74) is 0.0720. The van der Waals surface area contributed by atoms with Gasteiger partial charge in [0.05, 0.1) is 11.3 Å². The minimum absolute atomic E-state index is 0.382. The van der Waals surface area contributed by atoms with Crippen LogP contribution < -0.4 is 0 Å². The van der Waals surface area contributed by atoms with Crippen molar-refractivity contribution >= 4 is 11.9 Å². The Morgan fingerprint density at radius 1 is 1.29 bits per heavy atom. The van der Waals surface area contributed by atoms with Crippen molar-refractivity contribution in [3.63, 3.8) is 0 Å². The molecule has 0 aromatic carbocycles. The first-order chi connectivity index (χ1) is 9.77. The molecule has 2 unspecified atom stereocenters. The third-order valence-corrected chi connectivity index (χ3v) is 3.73. The second-order valence-electron chi connectivity index (χ2n) is 5.90. The van der Waals surface area contributed by atoms with Crippen molar-refractivity contribution in [1.29, 1.82) is 0 Å². The third kappa shape index (κ3) is 6.29. The molecule has 0 spiro atoms. The molecule has 5 nitrogen and oxygen atoms in total. The van der Waals surface area contributed by atoms with Crippen molar-refractivity contribution in [3.8, 4) is 0 Å². The normalized spacial score (nSPS) is 24.6. The van der Waals surface area contributed by atoms with Crippen LogP contribution in [0.5, 0.6) is 0 Å². The van der Waals surface area contributed by atoms with E-state index in [0.717, 1.165) is 12.8 Å². The predicted molar refractivity (Wildman–Crippen MR) is 81.3 cm³/mol. The lowest BCUT2D eigenvalue weighted by Gasteiger charge is -2.38. The van der Waals surface area contributed by atoms with Gasteiger partial charge in [0, 0.05) is 13.7 Å². The number of rotatable bonds is 6. The lowest BCUT2D eigenvalue weighted by molar-refractivity contribution is -0.167. The lowest BCUT2D eigenvalue weighted by Crippen LogP contribution is -2.45. The van der Waals surface area contributed by atoms with Crippen LogP contribution in [0.3, 0.4) is 0 Å². The highest BCUT2D eigenvalue weighted by molar-refractivity contribution is 5.83. The van der Waals surface area contributed by atoms with Crippen LogP contribution in [-0.4, -0.2) is 35.9 Å². The van der Waals surface area contributed by atoms with Crippen molar-refractivity contribution < 1.29 is 24.5 Å². The molecule has 1 fully saturated rings. The summed E-state index contributed by atoms with van der Waals surface area (Å²) in [5, 5.41) is 18.6. The van der Waals surface area contributed by atoms with Crippen LogP contribution in [0.15, 0.2) is 12.2 Å². The maximum absolute atomic E-state index is 11.5. The maximum atomic E-state index is 11.5. The molecule has 1 saturated carbocycles. The highest BCUT2D eigenvalue weighted by atomic mass is 16.5. The summed E-state index contributed by atoms with van der Waals surface area (Å²) in [6.07, 6.45) is 3.50. The molecule has 1 rings (SSSR count). The first-order valence-electron chi connectivity index (χ1n) is 7.35. The Morgan fingerprint density at radius 3 is 2.29 bits per heavy atom. The summed E-state index contributed by atoms with van der Waals surface area (Å²) in [7, 11) is 1.56. The number of carboxylic acids is 2. The van der Waals surface area contributed by atoms with Crippen LogP contribution in [0.2, 0.25) is 0 Å². The number of allylic oxidation sites excluding steroid dienone is 1. The molecule has 0 amide bonds. The molecule has 1 aliphatic rings. The summed E-state index contributed by atoms with van der Waals surface area (Å²) >= 11 is 0. The zero-order chi connectivity index (χ0) is 16.5. The van der Waals surface area contributed by atoms with Crippen LogP contribution in [-0.2, 0) is 14.3 Å². The van der Waals surface area contributed by atoms with Crippen LogP contribution >= 0.6 is 0 Å². The van der Waals surface area contributed by atoms with Crippen molar-refractivity contribution in [3.05, 3.63) is 12.2 Å². The smallest absolute Gasteiger partial charge is 0.310 e.